The maximum Gasteiger partial charge on any atom is 0.215 e. The van der Waals surface area contributed by atoms with Crippen LogP contribution in [0.5, 0.6) is 5.88 Å². The van der Waals surface area contributed by atoms with E-state index in [9.17, 15) is 0 Å². The summed E-state index contributed by atoms with van der Waals surface area (Å²) in [4.78, 5) is 7.70. The van der Waals surface area contributed by atoms with E-state index in [1.165, 1.54) is 5.56 Å². The summed E-state index contributed by atoms with van der Waals surface area (Å²) in [5, 5.41) is 0. The molecule has 0 aliphatic heterocycles. The Morgan fingerprint density at radius 3 is 2.62 bits per heavy atom. The Morgan fingerprint density at radius 2 is 1.95 bits per heavy atom. The predicted molar refractivity (Wildman–Crippen MR) is 89.4 cm³/mol. The minimum absolute atomic E-state index is 0.0824. The Kier molecular flexibility index (Phi) is 3.82. The second kappa shape index (κ2) is 5.61. The van der Waals surface area contributed by atoms with Crippen LogP contribution in [0.4, 0.5) is 0 Å². The predicted octanol–water partition coefficient (Wildman–Crippen LogP) is 4.47. The monoisotopic (exact) mass is 363 g/mol. The Morgan fingerprint density at radius 1 is 1.24 bits per heavy atom. The topological polar surface area (TPSA) is 42.8 Å². The largest absolute Gasteiger partial charge is 0.481 e. The molecule has 21 heavy (non-hydrogen) atoms. The van der Waals surface area contributed by atoms with E-state index in [0.29, 0.717) is 10.7 Å². The molecule has 1 unspecified atom stereocenters. The number of aromatic nitrogens is 3. The molecule has 3 aromatic rings. The summed E-state index contributed by atoms with van der Waals surface area (Å²) < 4.78 is 8.93. The number of halogens is 1. The van der Waals surface area contributed by atoms with Gasteiger partial charge in [-0.15, -0.1) is 0 Å². The SMILES string of the molecule is COc1ccc2[nH]c(=S)n(C(C)c3ccc(Br)cc3)c2n1. The van der Waals surface area contributed by atoms with Crippen molar-refractivity contribution < 1.29 is 4.74 Å². The summed E-state index contributed by atoms with van der Waals surface area (Å²) in [5.41, 5.74) is 2.87. The number of rotatable bonds is 3. The lowest BCUT2D eigenvalue weighted by atomic mass is 10.1. The number of hydrogen-bond acceptors (Lipinski definition) is 3. The smallest absolute Gasteiger partial charge is 0.215 e. The molecular weight excluding hydrogens is 350 g/mol. The molecule has 0 fully saturated rings. The zero-order valence-corrected chi connectivity index (χ0v) is 14.0. The van der Waals surface area contributed by atoms with Crippen LogP contribution in [0.25, 0.3) is 11.2 Å². The second-order valence-electron chi connectivity index (χ2n) is 4.75. The first-order valence-electron chi connectivity index (χ1n) is 6.51. The average molecular weight is 364 g/mol. The van der Waals surface area contributed by atoms with E-state index >= 15 is 0 Å². The van der Waals surface area contributed by atoms with Gasteiger partial charge in [0.1, 0.15) is 0 Å². The minimum atomic E-state index is 0.0824. The number of methoxy groups -OCH3 is 1. The maximum atomic E-state index is 5.45. The van der Waals surface area contributed by atoms with Gasteiger partial charge in [-0.2, -0.15) is 4.98 Å². The fourth-order valence-corrected chi connectivity index (χ4v) is 2.97. The summed E-state index contributed by atoms with van der Waals surface area (Å²) in [6.45, 7) is 2.10. The Balaban J connectivity index is 2.16. The molecule has 1 aromatic carbocycles. The Labute approximate surface area is 135 Å². The number of pyridine rings is 1. The second-order valence-corrected chi connectivity index (χ2v) is 6.05. The van der Waals surface area contributed by atoms with E-state index in [4.69, 9.17) is 17.0 Å². The number of ether oxygens (including phenoxy) is 1. The standard InChI is InChI=1S/C15H14BrN3OS/c1-9(10-3-5-11(16)6-4-10)19-14-12(17-15(19)21)7-8-13(18-14)20-2/h3-9H,1-2H3,(H,17,21). The van der Waals surface area contributed by atoms with Crippen LogP contribution >= 0.6 is 28.1 Å². The number of imidazole rings is 1. The van der Waals surface area contributed by atoms with E-state index in [0.717, 1.165) is 15.6 Å². The number of H-pyrrole nitrogens is 1. The molecule has 0 spiro atoms. The van der Waals surface area contributed by atoms with Crippen LogP contribution in [0, 0.1) is 4.77 Å². The third-order valence-corrected chi connectivity index (χ3v) is 4.31. The summed E-state index contributed by atoms with van der Waals surface area (Å²) in [6.07, 6.45) is 0. The lowest BCUT2D eigenvalue weighted by molar-refractivity contribution is 0.398. The molecule has 108 valence electrons. The van der Waals surface area contributed by atoms with Crippen molar-refractivity contribution in [2.75, 3.05) is 7.11 Å². The molecule has 2 aromatic heterocycles. The maximum absolute atomic E-state index is 5.45. The molecule has 0 aliphatic carbocycles. The van der Waals surface area contributed by atoms with E-state index < -0.39 is 0 Å². The van der Waals surface area contributed by atoms with Crippen LogP contribution in [-0.4, -0.2) is 21.6 Å². The first kappa shape index (κ1) is 14.3. The van der Waals surface area contributed by atoms with Crippen LogP contribution in [0.1, 0.15) is 18.5 Å². The van der Waals surface area contributed by atoms with Crippen molar-refractivity contribution in [3.8, 4) is 5.88 Å². The van der Waals surface area contributed by atoms with E-state index in [1.54, 1.807) is 7.11 Å². The quantitative estimate of drug-likeness (QED) is 0.697. The lowest BCUT2D eigenvalue weighted by Crippen LogP contribution is -2.07. The molecule has 0 saturated carbocycles. The van der Waals surface area contributed by atoms with Gasteiger partial charge in [0, 0.05) is 10.5 Å². The molecule has 3 rings (SSSR count). The molecule has 0 aliphatic rings. The van der Waals surface area contributed by atoms with Gasteiger partial charge in [0.25, 0.3) is 0 Å². The van der Waals surface area contributed by atoms with Gasteiger partial charge in [0.15, 0.2) is 10.4 Å². The zero-order valence-electron chi connectivity index (χ0n) is 11.6. The van der Waals surface area contributed by atoms with Crippen LogP contribution in [0.3, 0.4) is 0 Å². The molecule has 1 N–H and O–H groups in total. The molecule has 1 atom stereocenters. The lowest BCUT2D eigenvalue weighted by Gasteiger charge is -2.15. The molecule has 0 saturated heterocycles. The van der Waals surface area contributed by atoms with Gasteiger partial charge in [-0.1, -0.05) is 28.1 Å². The van der Waals surface area contributed by atoms with E-state index in [1.807, 2.05) is 28.8 Å². The van der Waals surface area contributed by atoms with Crippen LogP contribution < -0.4 is 4.74 Å². The van der Waals surface area contributed by atoms with Gasteiger partial charge >= 0.3 is 0 Å². The van der Waals surface area contributed by atoms with E-state index in [2.05, 4.69) is 45.0 Å². The number of aromatic amines is 1. The first-order chi connectivity index (χ1) is 10.1. The first-order valence-corrected chi connectivity index (χ1v) is 7.71. The van der Waals surface area contributed by atoms with Gasteiger partial charge in [0.05, 0.1) is 18.7 Å². The zero-order chi connectivity index (χ0) is 15.0. The van der Waals surface area contributed by atoms with Gasteiger partial charge in [-0.3, -0.25) is 4.57 Å². The summed E-state index contributed by atoms with van der Waals surface area (Å²) in [5.74, 6) is 0.577. The molecule has 0 radical (unpaired) electrons. The van der Waals surface area contributed by atoms with Gasteiger partial charge < -0.3 is 9.72 Å². The van der Waals surface area contributed by atoms with Gasteiger partial charge in [-0.05, 0) is 42.9 Å². The third kappa shape index (κ3) is 2.61. The van der Waals surface area contributed by atoms with Crippen LogP contribution in [0.2, 0.25) is 0 Å². The van der Waals surface area contributed by atoms with Gasteiger partial charge in [-0.25, -0.2) is 0 Å². The molecule has 6 heteroatoms. The average Bonchev–Trinajstić information content (AvgIpc) is 2.82. The fourth-order valence-electron chi connectivity index (χ4n) is 2.35. The normalized spacial score (nSPS) is 12.5. The van der Waals surface area contributed by atoms with Crippen molar-refractivity contribution in [1.29, 1.82) is 0 Å². The Bertz CT molecular complexity index is 838. The highest BCUT2D eigenvalue weighted by Gasteiger charge is 2.14. The molecule has 0 amide bonds. The summed E-state index contributed by atoms with van der Waals surface area (Å²) in [7, 11) is 1.61. The number of fused-ring (bicyclic) bond motifs is 1. The van der Waals surface area contributed by atoms with Crippen molar-refractivity contribution >= 4 is 39.3 Å². The van der Waals surface area contributed by atoms with Crippen molar-refractivity contribution in [3.63, 3.8) is 0 Å². The minimum Gasteiger partial charge on any atom is -0.481 e. The highest BCUT2D eigenvalue weighted by atomic mass is 79.9. The molecule has 2 heterocycles. The fraction of sp³-hybridized carbons (Fsp3) is 0.200. The van der Waals surface area contributed by atoms with E-state index in [-0.39, 0.29) is 6.04 Å². The van der Waals surface area contributed by atoms with Crippen LogP contribution in [0.15, 0.2) is 40.9 Å². The van der Waals surface area contributed by atoms with Crippen molar-refractivity contribution in [2.45, 2.75) is 13.0 Å². The third-order valence-electron chi connectivity index (χ3n) is 3.49. The highest BCUT2D eigenvalue weighted by Crippen LogP contribution is 2.25. The Hall–Kier alpha value is -1.66. The number of nitrogens with one attached hydrogen (secondary N) is 1. The molecule has 0 bridgehead atoms. The van der Waals surface area contributed by atoms with Crippen molar-refractivity contribution in [3.05, 3.63) is 51.2 Å². The van der Waals surface area contributed by atoms with Gasteiger partial charge in [0.2, 0.25) is 5.88 Å². The van der Waals surface area contributed by atoms with Crippen LogP contribution in [-0.2, 0) is 0 Å². The number of hydrogen-bond donors (Lipinski definition) is 1. The highest BCUT2D eigenvalue weighted by molar-refractivity contribution is 9.10. The number of nitrogens with zero attached hydrogens (tertiary/aromatic N) is 2. The molecular formula is C15H14BrN3OS. The number of benzene rings is 1. The molecule has 4 nitrogen and oxygen atoms in total. The summed E-state index contributed by atoms with van der Waals surface area (Å²) in [6, 6.07) is 12.0. The van der Waals surface area contributed by atoms with Crippen molar-refractivity contribution in [2.24, 2.45) is 0 Å². The van der Waals surface area contributed by atoms with Crippen molar-refractivity contribution in [1.82, 2.24) is 14.5 Å². The summed E-state index contributed by atoms with van der Waals surface area (Å²) >= 11 is 8.91.